The highest BCUT2D eigenvalue weighted by atomic mass is 19.1. The molecule has 5 rings (SSSR count). The van der Waals surface area contributed by atoms with E-state index in [0.717, 1.165) is 22.1 Å². The Morgan fingerprint density at radius 2 is 2.04 bits per heavy atom. The van der Waals surface area contributed by atoms with Gasteiger partial charge in [0.25, 0.3) is 0 Å². The molecule has 1 saturated carbocycles. The van der Waals surface area contributed by atoms with Crippen molar-refractivity contribution in [1.82, 2.24) is 20.0 Å². The van der Waals surface area contributed by atoms with Crippen LogP contribution in [0.2, 0.25) is 0 Å². The van der Waals surface area contributed by atoms with Gasteiger partial charge in [0, 0.05) is 29.4 Å². The first-order valence-electron chi connectivity index (χ1n) is 8.06. The van der Waals surface area contributed by atoms with Crippen LogP contribution in [0.1, 0.15) is 24.5 Å². The number of aromatic amines is 1. The van der Waals surface area contributed by atoms with Crippen molar-refractivity contribution < 1.29 is 4.39 Å². The molecule has 4 aromatic rings. The summed E-state index contributed by atoms with van der Waals surface area (Å²) in [6.07, 6.45) is 2.47. The number of nitrogens with zero attached hydrogens (tertiary/aromatic N) is 3. The molecular formula is C18H16FN5. The number of rotatable bonds is 3. The van der Waals surface area contributed by atoms with E-state index in [-0.39, 0.29) is 5.82 Å². The zero-order chi connectivity index (χ0) is 16.3. The zero-order valence-corrected chi connectivity index (χ0v) is 13.2. The molecule has 2 N–H and O–H groups in total. The predicted octanol–water partition coefficient (Wildman–Crippen LogP) is 4.21. The summed E-state index contributed by atoms with van der Waals surface area (Å²) in [6.45, 7) is 0. The normalized spacial score (nSPS) is 14.6. The van der Waals surface area contributed by atoms with E-state index in [4.69, 9.17) is 0 Å². The minimum Gasteiger partial charge on any atom is -0.338 e. The van der Waals surface area contributed by atoms with E-state index in [9.17, 15) is 4.39 Å². The van der Waals surface area contributed by atoms with Gasteiger partial charge in [0.05, 0.1) is 16.7 Å². The first kappa shape index (κ1) is 13.5. The Bertz CT molecular complexity index is 1070. The first-order valence-corrected chi connectivity index (χ1v) is 8.06. The number of H-pyrrole nitrogens is 1. The topological polar surface area (TPSA) is 58.5 Å². The van der Waals surface area contributed by atoms with E-state index >= 15 is 0 Å². The van der Waals surface area contributed by atoms with E-state index in [2.05, 4.69) is 32.7 Å². The number of halogens is 1. The standard InChI is InChI=1S/C18H16FN5/c1-24-16-9-12(5-6-13(16)17(23-24)10-2-3-10)20-18-14-8-11(19)4-7-15(14)21-22-18/h4-10H,2-3H2,1H3,(H2,20,21,22). The zero-order valence-electron chi connectivity index (χ0n) is 13.2. The Hall–Kier alpha value is -2.89. The molecule has 1 aliphatic carbocycles. The second-order valence-corrected chi connectivity index (χ2v) is 6.40. The minimum absolute atomic E-state index is 0.275. The lowest BCUT2D eigenvalue weighted by atomic mass is 10.1. The molecule has 2 heterocycles. The van der Waals surface area contributed by atoms with Crippen LogP contribution in [0.4, 0.5) is 15.9 Å². The molecule has 0 radical (unpaired) electrons. The second kappa shape index (κ2) is 4.80. The van der Waals surface area contributed by atoms with Crippen molar-refractivity contribution in [3.8, 4) is 0 Å². The number of anilines is 2. The van der Waals surface area contributed by atoms with Gasteiger partial charge in [0.1, 0.15) is 5.82 Å². The molecule has 0 aliphatic heterocycles. The van der Waals surface area contributed by atoms with Crippen molar-refractivity contribution >= 4 is 33.3 Å². The van der Waals surface area contributed by atoms with Gasteiger partial charge in [0.2, 0.25) is 0 Å². The Kier molecular flexibility index (Phi) is 2.71. The van der Waals surface area contributed by atoms with Crippen LogP contribution in [-0.2, 0) is 7.05 Å². The Morgan fingerprint density at radius 3 is 2.88 bits per heavy atom. The van der Waals surface area contributed by atoms with Gasteiger partial charge in [-0.2, -0.15) is 10.2 Å². The van der Waals surface area contributed by atoms with Gasteiger partial charge in [-0.25, -0.2) is 4.39 Å². The van der Waals surface area contributed by atoms with Gasteiger partial charge in [-0.3, -0.25) is 9.78 Å². The van der Waals surface area contributed by atoms with Crippen LogP contribution in [0.3, 0.4) is 0 Å². The SMILES string of the molecule is Cn1nc(C2CC2)c2ccc(Nc3n[nH]c4ccc(F)cc34)cc21. The molecule has 0 bridgehead atoms. The number of benzene rings is 2. The van der Waals surface area contributed by atoms with Crippen LogP contribution in [0, 0.1) is 5.82 Å². The minimum atomic E-state index is -0.275. The fourth-order valence-corrected chi connectivity index (χ4v) is 3.24. The summed E-state index contributed by atoms with van der Waals surface area (Å²) in [7, 11) is 1.97. The van der Waals surface area contributed by atoms with E-state index in [0.29, 0.717) is 11.7 Å². The van der Waals surface area contributed by atoms with Crippen LogP contribution in [0.5, 0.6) is 0 Å². The number of aryl methyl sites for hydroxylation is 1. The highest BCUT2D eigenvalue weighted by Crippen LogP contribution is 2.42. The molecule has 2 aromatic heterocycles. The lowest BCUT2D eigenvalue weighted by Crippen LogP contribution is -1.93. The second-order valence-electron chi connectivity index (χ2n) is 6.40. The summed E-state index contributed by atoms with van der Waals surface area (Å²) >= 11 is 0. The van der Waals surface area contributed by atoms with E-state index in [1.165, 1.54) is 36.1 Å². The third-order valence-electron chi connectivity index (χ3n) is 4.63. The average Bonchev–Trinajstić information content (AvgIpc) is 3.28. The molecule has 0 saturated heterocycles. The molecule has 0 atom stereocenters. The maximum atomic E-state index is 13.5. The largest absolute Gasteiger partial charge is 0.338 e. The summed E-state index contributed by atoms with van der Waals surface area (Å²) in [5.41, 5.74) is 4.00. The first-order chi connectivity index (χ1) is 11.7. The molecule has 2 aromatic carbocycles. The van der Waals surface area contributed by atoms with Crippen molar-refractivity contribution in [3.63, 3.8) is 0 Å². The average molecular weight is 321 g/mol. The molecule has 1 aliphatic rings. The number of nitrogens with one attached hydrogen (secondary N) is 2. The number of hydrogen-bond donors (Lipinski definition) is 2. The Balaban J connectivity index is 1.56. The summed E-state index contributed by atoms with van der Waals surface area (Å²) in [5, 5.41) is 17.1. The van der Waals surface area contributed by atoms with E-state index in [1.807, 2.05) is 17.8 Å². The fourth-order valence-electron chi connectivity index (χ4n) is 3.24. The molecule has 5 nitrogen and oxygen atoms in total. The van der Waals surface area contributed by atoms with Crippen molar-refractivity contribution in [2.24, 2.45) is 7.05 Å². The van der Waals surface area contributed by atoms with Crippen molar-refractivity contribution in [3.05, 3.63) is 47.9 Å². The highest BCUT2D eigenvalue weighted by molar-refractivity contribution is 5.93. The van der Waals surface area contributed by atoms with Crippen molar-refractivity contribution in [2.45, 2.75) is 18.8 Å². The van der Waals surface area contributed by atoms with Crippen LogP contribution < -0.4 is 5.32 Å². The highest BCUT2D eigenvalue weighted by Gasteiger charge is 2.28. The van der Waals surface area contributed by atoms with Gasteiger partial charge in [0.15, 0.2) is 5.82 Å². The summed E-state index contributed by atoms with van der Waals surface area (Å²) in [6, 6.07) is 10.8. The predicted molar refractivity (Wildman–Crippen MR) is 92.0 cm³/mol. The Morgan fingerprint density at radius 1 is 1.17 bits per heavy atom. The van der Waals surface area contributed by atoms with Gasteiger partial charge < -0.3 is 5.32 Å². The molecular weight excluding hydrogens is 305 g/mol. The third-order valence-corrected chi connectivity index (χ3v) is 4.63. The smallest absolute Gasteiger partial charge is 0.160 e. The number of aromatic nitrogens is 4. The third kappa shape index (κ3) is 2.06. The van der Waals surface area contributed by atoms with Crippen LogP contribution in [0.25, 0.3) is 21.8 Å². The van der Waals surface area contributed by atoms with E-state index < -0.39 is 0 Å². The molecule has 24 heavy (non-hydrogen) atoms. The lowest BCUT2D eigenvalue weighted by molar-refractivity contribution is 0.630. The van der Waals surface area contributed by atoms with E-state index in [1.54, 1.807) is 6.07 Å². The van der Waals surface area contributed by atoms with Gasteiger partial charge in [-0.1, -0.05) is 0 Å². The molecule has 1 fully saturated rings. The number of hydrogen-bond acceptors (Lipinski definition) is 3. The summed E-state index contributed by atoms with van der Waals surface area (Å²) in [5.74, 6) is 0.960. The van der Waals surface area contributed by atoms with Crippen LogP contribution >= 0.6 is 0 Å². The molecule has 0 spiro atoms. The molecule has 120 valence electrons. The van der Waals surface area contributed by atoms with Gasteiger partial charge >= 0.3 is 0 Å². The fraction of sp³-hybridized carbons (Fsp3) is 0.222. The molecule has 6 heteroatoms. The van der Waals surface area contributed by atoms with Crippen LogP contribution in [-0.4, -0.2) is 20.0 Å². The van der Waals surface area contributed by atoms with Crippen molar-refractivity contribution in [1.29, 1.82) is 0 Å². The quantitative estimate of drug-likeness (QED) is 0.594. The Labute approximate surface area is 137 Å². The van der Waals surface area contributed by atoms with Crippen molar-refractivity contribution in [2.75, 3.05) is 5.32 Å². The maximum Gasteiger partial charge on any atom is 0.160 e. The summed E-state index contributed by atoms with van der Waals surface area (Å²) < 4.78 is 15.4. The van der Waals surface area contributed by atoms with Gasteiger partial charge in [-0.15, -0.1) is 0 Å². The van der Waals surface area contributed by atoms with Crippen LogP contribution in [0.15, 0.2) is 36.4 Å². The molecule has 0 amide bonds. The summed E-state index contributed by atoms with van der Waals surface area (Å²) in [4.78, 5) is 0. The molecule has 0 unspecified atom stereocenters. The number of fused-ring (bicyclic) bond motifs is 2. The monoisotopic (exact) mass is 321 g/mol. The van der Waals surface area contributed by atoms with Gasteiger partial charge in [-0.05, 0) is 49.2 Å². The maximum absolute atomic E-state index is 13.5. The lowest BCUT2D eigenvalue weighted by Gasteiger charge is -2.05.